The lowest BCUT2D eigenvalue weighted by Gasteiger charge is -2.35. The molecule has 0 saturated heterocycles. The first-order valence-corrected chi connectivity index (χ1v) is 8.18. The molecule has 0 fully saturated rings. The molecular formula is C19H22F3NO3. The summed E-state index contributed by atoms with van der Waals surface area (Å²) in [6.45, 7) is 3.86. The van der Waals surface area contributed by atoms with Crippen molar-refractivity contribution in [2.45, 2.75) is 31.7 Å². The van der Waals surface area contributed by atoms with E-state index in [4.69, 9.17) is 15.2 Å². The zero-order valence-corrected chi connectivity index (χ0v) is 14.6. The predicted octanol–water partition coefficient (Wildman–Crippen LogP) is 3.72. The number of hydrogen-bond acceptors (Lipinski definition) is 4. The molecule has 2 aromatic rings. The Labute approximate surface area is 150 Å². The van der Waals surface area contributed by atoms with E-state index in [0.717, 1.165) is 12.1 Å². The molecule has 142 valence electrons. The van der Waals surface area contributed by atoms with Crippen LogP contribution in [0.3, 0.4) is 0 Å². The third-order valence-electron chi connectivity index (χ3n) is 4.11. The topological polar surface area (TPSA) is 64.7 Å². The van der Waals surface area contributed by atoms with Crippen molar-refractivity contribution < 1.29 is 27.8 Å². The highest BCUT2D eigenvalue weighted by Crippen LogP contribution is 2.35. The van der Waals surface area contributed by atoms with Crippen LogP contribution in [0.15, 0.2) is 48.5 Å². The van der Waals surface area contributed by atoms with Crippen LogP contribution in [0.1, 0.15) is 25.0 Å². The molecule has 0 amide bonds. The zero-order valence-electron chi connectivity index (χ0n) is 14.6. The van der Waals surface area contributed by atoms with E-state index < -0.39 is 23.4 Å². The Morgan fingerprint density at radius 3 is 1.92 bits per heavy atom. The van der Waals surface area contributed by atoms with Crippen molar-refractivity contribution in [3.05, 3.63) is 59.7 Å². The molecular weight excluding hydrogens is 347 g/mol. The lowest BCUT2D eigenvalue weighted by Crippen LogP contribution is -2.46. The molecule has 4 nitrogen and oxygen atoms in total. The van der Waals surface area contributed by atoms with Gasteiger partial charge in [-0.1, -0.05) is 12.1 Å². The minimum Gasteiger partial charge on any atom is -0.494 e. The Balaban J connectivity index is 2.32. The van der Waals surface area contributed by atoms with Gasteiger partial charge in [-0.05, 0) is 55.8 Å². The summed E-state index contributed by atoms with van der Waals surface area (Å²) in [5, 5.41) is 10.4. The number of aliphatic hydroxyl groups excluding tert-OH is 1. The first-order chi connectivity index (χ1) is 12.2. The smallest absolute Gasteiger partial charge is 0.416 e. The molecule has 2 aromatic carbocycles. The maximum absolute atomic E-state index is 12.8. The molecule has 0 spiro atoms. The van der Waals surface area contributed by atoms with Crippen LogP contribution in [0.25, 0.3) is 0 Å². The third-order valence-corrected chi connectivity index (χ3v) is 4.11. The maximum Gasteiger partial charge on any atom is 0.416 e. The number of alkyl halides is 3. The molecule has 7 heteroatoms. The van der Waals surface area contributed by atoms with Crippen molar-refractivity contribution in [2.24, 2.45) is 5.73 Å². The summed E-state index contributed by atoms with van der Waals surface area (Å²) < 4.78 is 49.6. The van der Waals surface area contributed by atoms with Crippen molar-refractivity contribution in [2.75, 3.05) is 13.2 Å². The highest BCUT2D eigenvalue weighted by Gasteiger charge is 2.38. The average Bonchev–Trinajstić information content (AvgIpc) is 2.62. The second-order valence-electron chi connectivity index (χ2n) is 5.94. The Hall–Kier alpha value is -2.25. The van der Waals surface area contributed by atoms with Gasteiger partial charge in [0.15, 0.2) is 5.60 Å². The van der Waals surface area contributed by atoms with Crippen LogP contribution in [-0.2, 0) is 11.8 Å². The number of rotatable bonds is 7. The Kier molecular flexibility index (Phi) is 6.15. The fourth-order valence-corrected chi connectivity index (χ4v) is 2.55. The van der Waals surface area contributed by atoms with Gasteiger partial charge in [-0.25, -0.2) is 0 Å². The van der Waals surface area contributed by atoms with Crippen molar-refractivity contribution in [1.29, 1.82) is 0 Å². The molecule has 0 aliphatic heterocycles. The van der Waals surface area contributed by atoms with Gasteiger partial charge >= 0.3 is 6.18 Å². The standard InChI is InChI=1S/C19H22F3NO3/c1-3-25-15-8-10-16(11-9-15)26-18(2,17(24)12-23)13-4-6-14(7-5-13)19(20,21)22/h4-11,17,24H,3,12,23H2,1-2H3. The largest absolute Gasteiger partial charge is 0.494 e. The van der Waals surface area contributed by atoms with Crippen molar-refractivity contribution in [1.82, 2.24) is 0 Å². The van der Waals surface area contributed by atoms with E-state index in [1.165, 1.54) is 12.1 Å². The predicted molar refractivity (Wildman–Crippen MR) is 92.1 cm³/mol. The minimum absolute atomic E-state index is 0.117. The first kappa shape index (κ1) is 20.1. The Bertz CT molecular complexity index is 701. The minimum atomic E-state index is -4.43. The lowest BCUT2D eigenvalue weighted by molar-refractivity contribution is -0.137. The third kappa shape index (κ3) is 4.47. The number of ether oxygens (including phenoxy) is 2. The monoisotopic (exact) mass is 369 g/mol. The van der Waals surface area contributed by atoms with E-state index in [-0.39, 0.29) is 6.54 Å². The average molecular weight is 369 g/mol. The second kappa shape index (κ2) is 7.97. The summed E-state index contributed by atoms with van der Waals surface area (Å²) >= 11 is 0. The van der Waals surface area contributed by atoms with Gasteiger partial charge in [-0.3, -0.25) is 0 Å². The van der Waals surface area contributed by atoms with Gasteiger partial charge < -0.3 is 20.3 Å². The molecule has 2 rings (SSSR count). The lowest BCUT2D eigenvalue weighted by atomic mass is 9.89. The van der Waals surface area contributed by atoms with Crippen molar-refractivity contribution >= 4 is 0 Å². The quantitative estimate of drug-likeness (QED) is 0.781. The fraction of sp³-hybridized carbons (Fsp3) is 0.368. The number of nitrogens with two attached hydrogens (primary N) is 1. The molecule has 0 aromatic heterocycles. The molecule has 0 bridgehead atoms. The van der Waals surface area contributed by atoms with Crippen LogP contribution in [0.4, 0.5) is 13.2 Å². The number of hydrogen-bond donors (Lipinski definition) is 2. The van der Waals surface area contributed by atoms with Crippen molar-refractivity contribution in [3.63, 3.8) is 0 Å². The van der Waals surface area contributed by atoms with Gasteiger partial charge in [0.25, 0.3) is 0 Å². The van der Waals surface area contributed by atoms with Gasteiger partial charge in [0.1, 0.15) is 17.6 Å². The summed E-state index contributed by atoms with van der Waals surface area (Å²) in [5.41, 5.74) is 3.88. The zero-order chi connectivity index (χ0) is 19.4. The van der Waals surface area contributed by atoms with E-state index in [9.17, 15) is 18.3 Å². The number of aliphatic hydroxyl groups is 1. The van der Waals surface area contributed by atoms with Gasteiger partial charge in [0.05, 0.1) is 12.2 Å². The molecule has 0 aliphatic rings. The Morgan fingerprint density at radius 2 is 1.46 bits per heavy atom. The highest BCUT2D eigenvalue weighted by atomic mass is 19.4. The maximum atomic E-state index is 12.8. The van der Waals surface area contributed by atoms with Crippen LogP contribution in [0.5, 0.6) is 11.5 Å². The van der Waals surface area contributed by atoms with Gasteiger partial charge in [-0.2, -0.15) is 13.2 Å². The van der Waals surface area contributed by atoms with Crippen LogP contribution >= 0.6 is 0 Å². The molecule has 2 unspecified atom stereocenters. The van der Waals surface area contributed by atoms with E-state index in [1.807, 2.05) is 6.92 Å². The molecule has 0 radical (unpaired) electrons. The van der Waals surface area contributed by atoms with E-state index in [1.54, 1.807) is 31.2 Å². The van der Waals surface area contributed by atoms with Crippen LogP contribution < -0.4 is 15.2 Å². The molecule has 0 heterocycles. The number of halogens is 3. The van der Waals surface area contributed by atoms with E-state index in [0.29, 0.717) is 23.7 Å². The SMILES string of the molecule is CCOc1ccc(OC(C)(c2ccc(C(F)(F)F)cc2)C(O)CN)cc1. The van der Waals surface area contributed by atoms with E-state index >= 15 is 0 Å². The van der Waals surface area contributed by atoms with E-state index in [2.05, 4.69) is 0 Å². The summed E-state index contributed by atoms with van der Waals surface area (Å²) in [6.07, 6.45) is -5.55. The van der Waals surface area contributed by atoms with Crippen LogP contribution in [0, 0.1) is 0 Å². The molecule has 26 heavy (non-hydrogen) atoms. The second-order valence-corrected chi connectivity index (χ2v) is 5.94. The van der Waals surface area contributed by atoms with Crippen LogP contribution in [-0.4, -0.2) is 24.4 Å². The summed E-state index contributed by atoms with van der Waals surface area (Å²) in [4.78, 5) is 0. The number of benzene rings is 2. The molecule has 0 aliphatic carbocycles. The summed E-state index contributed by atoms with van der Waals surface area (Å²) in [5.74, 6) is 1.10. The Morgan fingerprint density at radius 1 is 0.962 bits per heavy atom. The molecule has 0 saturated carbocycles. The first-order valence-electron chi connectivity index (χ1n) is 8.18. The van der Waals surface area contributed by atoms with Crippen LogP contribution in [0.2, 0.25) is 0 Å². The summed E-state index contributed by atoms with van der Waals surface area (Å²) in [6, 6.07) is 11.2. The van der Waals surface area contributed by atoms with Gasteiger partial charge in [-0.15, -0.1) is 0 Å². The normalized spacial score (nSPS) is 15.2. The highest BCUT2D eigenvalue weighted by molar-refractivity contribution is 5.35. The molecule has 3 N–H and O–H groups in total. The van der Waals surface area contributed by atoms with Gasteiger partial charge in [0, 0.05) is 6.54 Å². The van der Waals surface area contributed by atoms with Gasteiger partial charge in [0.2, 0.25) is 0 Å². The summed E-state index contributed by atoms with van der Waals surface area (Å²) in [7, 11) is 0. The van der Waals surface area contributed by atoms with Crippen molar-refractivity contribution in [3.8, 4) is 11.5 Å². The fourth-order valence-electron chi connectivity index (χ4n) is 2.55. The molecule has 2 atom stereocenters.